The first-order valence-corrected chi connectivity index (χ1v) is 9.84. The van der Waals surface area contributed by atoms with Gasteiger partial charge in [-0.25, -0.2) is 9.67 Å². The van der Waals surface area contributed by atoms with E-state index < -0.39 is 0 Å². The zero-order chi connectivity index (χ0) is 18.8. The summed E-state index contributed by atoms with van der Waals surface area (Å²) >= 11 is 7.00. The van der Waals surface area contributed by atoms with Crippen molar-refractivity contribution in [1.82, 2.24) is 29.6 Å². The Morgan fingerprint density at radius 3 is 2.85 bits per heavy atom. The molecular weight excluding hydrogens is 380 g/mol. The van der Waals surface area contributed by atoms with Gasteiger partial charge in [0.1, 0.15) is 5.82 Å². The Kier molecular flexibility index (Phi) is 4.97. The summed E-state index contributed by atoms with van der Waals surface area (Å²) in [5.41, 5.74) is 0.579. The average Bonchev–Trinajstić information content (AvgIpc) is 3.31. The van der Waals surface area contributed by atoms with Crippen LogP contribution < -0.4 is 5.56 Å². The molecule has 0 fully saturated rings. The number of benzene rings is 1. The Hall–Kier alpha value is -2.62. The first-order valence-electron chi connectivity index (χ1n) is 8.55. The van der Waals surface area contributed by atoms with Crippen LogP contribution in [-0.4, -0.2) is 36.2 Å². The first kappa shape index (κ1) is 17.8. The molecule has 0 radical (unpaired) electrons. The second-order valence-corrected chi connectivity index (χ2v) is 7.39. The number of nitrogens with zero attached hydrogens (tertiary/aromatic N) is 4. The highest BCUT2D eigenvalue weighted by atomic mass is 32.1. The Balaban J connectivity index is 1.57. The molecule has 0 atom stereocenters. The SMILES string of the molecule is CCN(Cc1nc2ccccc2c(=O)[nH]1)Cn1[nH]c(-c2cccs2)nc1=S. The number of hydrogen-bond acceptors (Lipinski definition) is 6. The van der Waals surface area contributed by atoms with Crippen LogP contribution in [0.1, 0.15) is 12.7 Å². The number of H-pyrrole nitrogens is 2. The van der Waals surface area contributed by atoms with Gasteiger partial charge < -0.3 is 4.98 Å². The number of nitrogens with one attached hydrogen (secondary N) is 2. The van der Waals surface area contributed by atoms with Gasteiger partial charge in [0.05, 0.1) is 29.0 Å². The fraction of sp³-hybridized carbons (Fsp3) is 0.222. The van der Waals surface area contributed by atoms with Gasteiger partial charge >= 0.3 is 0 Å². The predicted molar refractivity (Wildman–Crippen MR) is 109 cm³/mol. The molecule has 1 aromatic carbocycles. The molecule has 0 unspecified atom stereocenters. The van der Waals surface area contributed by atoms with Crippen LogP contribution in [0.3, 0.4) is 0 Å². The Labute approximate surface area is 164 Å². The fourth-order valence-electron chi connectivity index (χ4n) is 2.86. The monoisotopic (exact) mass is 398 g/mol. The summed E-state index contributed by atoms with van der Waals surface area (Å²) in [4.78, 5) is 27.3. The molecular formula is C18H18N6OS2. The molecule has 2 N–H and O–H groups in total. The van der Waals surface area contributed by atoms with E-state index in [-0.39, 0.29) is 5.56 Å². The summed E-state index contributed by atoms with van der Waals surface area (Å²) < 4.78 is 2.32. The van der Waals surface area contributed by atoms with E-state index >= 15 is 0 Å². The van der Waals surface area contributed by atoms with Gasteiger partial charge in [-0.3, -0.25) is 14.8 Å². The van der Waals surface area contributed by atoms with Crippen molar-refractivity contribution >= 4 is 34.5 Å². The van der Waals surface area contributed by atoms with Crippen molar-refractivity contribution in [3.05, 3.63) is 62.7 Å². The molecule has 0 amide bonds. The van der Waals surface area contributed by atoms with E-state index in [2.05, 4.69) is 31.9 Å². The Morgan fingerprint density at radius 2 is 2.07 bits per heavy atom. The van der Waals surface area contributed by atoms with E-state index in [9.17, 15) is 4.79 Å². The fourth-order valence-corrected chi connectivity index (χ4v) is 3.72. The van der Waals surface area contributed by atoms with Crippen LogP contribution in [0.4, 0.5) is 0 Å². The van der Waals surface area contributed by atoms with E-state index in [0.29, 0.717) is 34.7 Å². The first-order chi connectivity index (χ1) is 13.1. The molecule has 4 aromatic rings. The number of aromatic nitrogens is 5. The molecule has 0 bridgehead atoms. The molecule has 0 aliphatic rings. The number of thiophene rings is 1. The third kappa shape index (κ3) is 3.75. The van der Waals surface area contributed by atoms with Crippen LogP contribution in [0.5, 0.6) is 0 Å². The van der Waals surface area contributed by atoms with Crippen molar-refractivity contribution in [2.75, 3.05) is 6.54 Å². The third-order valence-corrected chi connectivity index (χ3v) is 5.45. The van der Waals surface area contributed by atoms with Gasteiger partial charge in [0.15, 0.2) is 5.82 Å². The number of rotatable bonds is 6. The molecule has 9 heteroatoms. The number of fused-ring (bicyclic) bond motifs is 1. The number of hydrogen-bond donors (Lipinski definition) is 2. The zero-order valence-electron chi connectivity index (χ0n) is 14.7. The standard InChI is InChI=1S/C18H18N6OS2/c1-2-23(10-15-19-13-7-4-3-6-12(13)17(25)20-15)11-24-18(26)21-16(22-24)14-8-5-9-27-14/h3-9H,2,10-11H2,1H3,(H,19,20,25)(H,21,22,26). The van der Waals surface area contributed by atoms with Crippen molar-refractivity contribution in [2.24, 2.45) is 0 Å². The molecule has 0 aliphatic heterocycles. The minimum atomic E-state index is -0.121. The van der Waals surface area contributed by atoms with Gasteiger partial charge in [-0.05, 0) is 42.3 Å². The van der Waals surface area contributed by atoms with E-state index in [1.54, 1.807) is 17.4 Å². The van der Waals surface area contributed by atoms with Gasteiger partial charge in [0, 0.05) is 0 Å². The van der Waals surface area contributed by atoms with E-state index in [0.717, 1.165) is 17.2 Å². The largest absolute Gasteiger partial charge is 0.309 e. The topological polar surface area (TPSA) is 82.6 Å². The zero-order valence-corrected chi connectivity index (χ0v) is 16.3. The summed E-state index contributed by atoms with van der Waals surface area (Å²) in [6.45, 7) is 3.86. The molecule has 0 saturated heterocycles. The van der Waals surface area contributed by atoms with Crippen LogP contribution in [0.25, 0.3) is 21.6 Å². The third-order valence-electron chi connectivity index (χ3n) is 4.26. The molecule has 4 rings (SSSR count). The molecule has 3 aromatic heterocycles. The average molecular weight is 399 g/mol. The van der Waals surface area contributed by atoms with Gasteiger partial charge in [-0.1, -0.05) is 25.1 Å². The lowest BCUT2D eigenvalue weighted by atomic mass is 10.2. The van der Waals surface area contributed by atoms with Crippen molar-refractivity contribution in [2.45, 2.75) is 20.1 Å². The molecule has 27 heavy (non-hydrogen) atoms. The lowest BCUT2D eigenvalue weighted by Gasteiger charge is -2.19. The summed E-state index contributed by atoms with van der Waals surface area (Å²) in [5.74, 6) is 1.40. The van der Waals surface area contributed by atoms with Gasteiger partial charge in [0.25, 0.3) is 5.56 Å². The lowest BCUT2D eigenvalue weighted by Crippen LogP contribution is -2.28. The van der Waals surface area contributed by atoms with Gasteiger partial charge in [0.2, 0.25) is 4.77 Å². The van der Waals surface area contributed by atoms with Crippen molar-refractivity contribution in [1.29, 1.82) is 0 Å². The van der Waals surface area contributed by atoms with E-state index in [1.165, 1.54) is 0 Å². The molecule has 7 nitrogen and oxygen atoms in total. The molecule has 138 valence electrons. The van der Waals surface area contributed by atoms with Crippen LogP contribution in [-0.2, 0) is 13.2 Å². The van der Waals surface area contributed by atoms with Crippen molar-refractivity contribution in [3.63, 3.8) is 0 Å². The minimum Gasteiger partial charge on any atom is -0.309 e. The molecule has 3 heterocycles. The second kappa shape index (κ2) is 7.55. The maximum absolute atomic E-state index is 12.3. The molecule has 0 aliphatic carbocycles. The maximum atomic E-state index is 12.3. The van der Waals surface area contributed by atoms with Gasteiger partial charge in [-0.2, -0.15) is 4.98 Å². The summed E-state index contributed by atoms with van der Waals surface area (Å²) in [7, 11) is 0. The summed E-state index contributed by atoms with van der Waals surface area (Å²) in [6, 6.07) is 11.3. The second-order valence-electron chi connectivity index (χ2n) is 6.08. The highest BCUT2D eigenvalue weighted by molar-refractivity contribution is 7.71. The smallest absolute Gasteiger partial charge is 0.258 e. The van der Waals surface area contributed by atoms with E-state index in [1.807, 2.05) is 40.4 Å². The quantitative estimate of drug-likeness (QED) is 0.487. The summed E-state index contributed by atoms with van der Waals surface area (Å²) in [6.07, 6.45) is 0. The van der Waals surface area contributed by atoms with E-state index in [4.69, 9.17) is 12.2 Å². The predicted octanol–water partition coefficient (Wildman–Crippen LogP) is 3.39. The maximum Gasteiger partial charge on any atom is 0.258 e. The van der Waals surface area contributed by atoms with Crippen molar-refractivity contribution in [3.8, 4) is 10.7 Å². The highest BCUT2D eigenvalue weighted by Gasteiger charge is 2.12. The van der Waals surface area contributed by atoms with Crippen LogP contribution in [0.2, 0.25) is 0 Å². The van der Waals surface area contributed by atoms with Gasteiger partial charge in [-0.15, -0.1) is 11.3 Å². The Bertz CT molecular complexity index is 1170. The molecule has 0 saturated carbocycles. The lowest BCUT2D eigenvalue weighted by molar-refractivity contribution is 0.203. The highest BCUT2D eigenvalue weighted by Crippen LogP contribution is 2.20. The Morgan fingerprint density at radius 1 is 1.22 bits per heavy atom. The van der Waals surface area contributed by atoms with Crippen LogP contribution in [0, 0.1) is 4.77 Å². The van der Waals surface area contributed by atoms with Crippen LogP contribution >= 0.6 is 23.6 Å². The molecule has 0 spiro atoms. The number of para-hydroxylation sites is 1. The normalized spacial score (nSPS) is 11.5. The van der Waals surface area contributed by atoms with Crippen LogP contribution in [0.15, 0.2) is 46.6 Å². The summed E-state index contributed by atoms with van der Waals surface area (Å²) in [5, 5.41) is 5.86. The number of aromatic amines is 2. The van der Waals surface area contributed by atoms with Crippen molar-refractivity contribution < 1.29 is 0 Å². The minimum absolute atomic E-state index is 0.121.